The number of imide groups is 1. The molecule has 0 aromatic heterocycles. The van der Waals surface area contributed by atoms with Gasteiger partial charge in [0.05, 0.1) is 5.69 Å². The van der Waals surface area contributed by atoms with E-state index in [0.29, 0.717) is 5.69 Å². The first-order valence-corrected chi connectivity index (χ1v) is 9.12. The maximum atomic E-state index is 12.5. The molecule has 2 aromatic rings. The molecule has 0 spiro atoms. The number of amides is 2. The van der Waals surface area contributed by atoms with E-state index in [2.05, 4.69) is 43.8 Å². The van der Waals surface area contributed by atoms with Gasteiger partial charge in [-0.3, -0.25) is 9.59 Å². The highest BCUT2D eigenvalue weighted by Crippen LogP contribution is 2.33. The third-order valence-electron chi connectivity index (χ3n) is 3.07. The summed E-state index contributed by atoms with van der Waals surface area (Å²) >= 11 is 6.55. The molecule has 0 saturated carbocycles. The van der Waals surface area contributed by atoms with Gasteiger partial charge in [0.25, 0.3) is 11.1 Å². The number of anilines is 2. The van der Waals surface area contributed by atoms with E-state index in [9.17, 15) is 9.59 Å². The van der Waals surface area contributed by atoms with E-state index in [1.165, 1.54) is 4.90 Å². The molecule has 3 rings (SSSR count). The summed E-state index contributed by atoms with van der Waals surface area (Å²) in [5.41, 5.74) is 1.40. The van der Waals surface area contributed by atoms with Crippen LogP contribution in [0.1, 0.15) is 0 Å². The molecule has 1 saturated heterocycles. The Balaban J connectivity index is 1.79. The molecule has 22 heavy (non-hydrogen) atoms. The Morgan fingerprint density at radius 2 is 1.68 bits per heavy atom. The van der Waals surface area contributed by atoms with E-state index in [4.69, 9.17) is 0 Å². The van der Waals surface area contributed by atoms with Crippen LogP contribution in [0, 0.1) is 3.57 Å². The van der Waals surface area contributed by atoms with Crippen LogP contribution in [0.15, 0.2) is 53.0 Å². The molecule has 2 aromatic carbocycles. The minimum Gasteiger partial charge on any atom is -0.365 e. The lowest BCUT2D eigenvalue weighted by Crippen LogP contribution is -2.34. The highest BCUT2D eigenvalue weighted by molar-refractivity contribution is 14.1. The molecule has 1 fully saturated rings. The van der Waals surface area contributed by atoms with Crippen LogP contribution in [0.2, 0.25) is 0 Å². The summed E-state index contributed by atoms with van der Waals surface area (Å²) in [7, 11) is 0. The van der Waals surface area contributed by atoms with Crippen molar-refractivity contribution in [3.8, 4) is 0 Å². The normalized spacial score (nSPS) is 17.9. The Bertz CT molecular complexity index is 721. The van der Waals surface area contributed by atoms with Crippen LogP contribution in [0.4, 0.5) is 16.2 Å². The Morgan fingerprint density at radius 1 is 1.05 bits per heavy atom. The second-order valence-corrected chi connectivity index (χ2v) is 7.78. The molecule has 112 valence electrons. The molecule has 1 heterocycles. The monoisotopic (exact) mass is 488 g/mol. The Morgan fingerprint density at radius 3 is 2.32 bits per heavy atom. The molecule has 7 heteroatoms. The zero-order valence-corrected chi connectivity index (χ0v) is 15.7. The van der Waals surface area contributed by atoms with E-state index in [0.717, 1.165) is 25.5 Å². The van der Waals surface area contributed by atoms with Gasteiger partial charge < -0.3 is 5.32 Å². The van der Waals surface area contributed by atoms with Gasteiger partial charge in [-0.05, 0) is 82.9 Å². The van der Waals surface area contributed by atoms with Crippen LogP contribution in [0.25, 0.3) is 0 Å². The quantitative estimate of drug-likeness (QED) is 0.636. The van der Waals surface area contributed by atoms with Gasteiger partial charge in [-0.15, -0.1) is 0 Å². The minimum atomic E-state index is -0.601. The predicted molar refractivity (Wildman–Crippen MR) is 101 cm³/mol. The number of hydrogen-bond acceptors (Lipinski definition) is 4. The van der Waals surface area contributed by atoms with Crippen molar-refractivity contribution in [3.63, 3.8) is 0 Å². The second kappa shape index (κ2) is 6.59. The van der Waals surface area contributed by atoms with Crippen LogP contribution in [-0.2, 0) is 4.79 Å². The fraction of sp³-hybridized carbons (Fsp3) is 0.0667. The Hall–Kier alpha value is -1.06. The summed E-state index contributed by atoms with van der Waals surface area (Å²) in [4.78, 5) is 25.8. The molecule has 1 atom stereocenters. The van der Waals surface area contributed by atoms with E-state index >= 15 is 0 Å². The molecular formula is C15H10BrIN2O2S. The van der Waals surface area contributed by atoms with E-state index < -0.39 is 5.37 Å². The average Bonchev–Trinajstić information content (AvgIpc) is 2.77. The second-order valence-electron chi connectivity index (χ2n) is 4.57. The first kappa shape index (κ1) is 15.8. The SMILES string of the molecule is O=C1S[C@H](Nc2ccc(I)cc2)C(=O)N1c1ccc(Br)cc1. The summed E-state index contributed by atoms with van der Waals surface area (Å²) in [6, 6.07) is 14.8. The molecular weight excluding hydrogens is 479 g/mol. The number of hydrogen-bond donors (Lipinski definition) is 1. The topological polar surface area (TPSA) is 49.4 Å². The molecule has 0 aliphatic carbocycles. The van der Waals surface area contributed by atoms with Gasteiger partial charge in [0.2, 0.25) is 0 Å². The molecule has 0 unspecified atom stereocenters. The van der Waals surface area contributed by atoms with Crippen molar-refractivity contribution < 1.29 is 9.59 Å². The lowest BCUT2D eigenvalue weighted by molar-refractivity contribution is -0.116. The van der Waals surface area contributed by atoms with Crippen LogP contribution >= 0.6 is 50.3 Å². The van der Waals surface area contributed by atoms with Gasteiger partial charge in [-0.25, -0.2) is 4.90 Å². The van der Waals surface area contributed by atoms with Crippen molar-refractivity contribution in [3.05, 3.63) is 56.6 Å². The first-order valence-electron chi connectivity index (χ1n) is 6.37. The average molecular weight is 489 g/mol. The first-order chi connectivity index (χ1) is 10.5. The number of thioether (sulfide) groups is 1. The van der Waals surface area contributed by atoms with Crippen LogP contribution < -0.4 is 10.2 Å². The van der Waals surface area contributed by atoms with Crippen molar-refractivity contribution in [2.75, 3.05) is 10.2 Å². The van der Waals surface area contributed by atoms with Crippen molar-refractivity contribution in [1.82, 2.24) is 0 Å². The van der Waals surface area contributed by atoms with Crippen LogP contribution in [0.3, 0.4) is 0 Å². The van der Waals surface area contributed by atoms with Gasteiger partial charge in [0.15, 0.2) is 5.37 Å². The third-order valence-corrected chi connectivity index (χ3v) is 5.26. The zero-order chi connectivity index (χ0) is 15.7. The number of halogens is 2. The molecule has 1 aliphatic heterocycles. The summed E-state index contributed by atoms with van der Waals surface area (Å²) < 4.78 is 2.01. The number of nitrogens with zero attached hydrogens (tertiary/aromatic N) is 1. The highest BCUT2D eigenvalue weighted by Gasteiger charge is 2.40. The number of benzene rings is 2. The van der Waals surface area contributed by atoms with Gasteiger partial charge in [-0.1, -0.05) is 15.9 Å². The Kier molecular flexibility index (Phi) is 4.74. The predicted octanol–water partition coefficient (Wildman–Crippen LogP) is 4.69. The molecule has 2 amide bonds. The van der Waals surface area contributed by atoms with Gasteiger partial charge in [-0.2, -0.15) is 0 Å². The number of carbonyl (C=O) groups is 2. The largest absolute Gasteiger partial charge is 0.365 e. The molecule has 1 aliphatic rings. The fourth-order valence-corrected chi connectivity index (χ4v) is 3.55. The minimum absolute atomic E-state index is 0.254. The van der Waals surface area contributed by atoms with Crippen molar-refractivity contribution in [2.24, 2.45) is 0 Å². The van der Waals surface area contributed by atoms with Gasteiger partial charge in [0, 0.05) is 13.7 Å². The molecule has 0 bridgehead atoms. The summed E-state index contributed by atoms with van der Waals surface area (Å²) in [6.45, 7) is 0. The molecule has 0 radical (unpaired) electrons. The highest BCUT2D eigenvalue weighted by atomic mass is 127. The van der Waals surface area contributed by atoms with Gasteiger partial charge in [0.1, 0.15) is 0 Å². The zero-order valence-electron chi connectivity index (χ0n) is 11.1. The maximum Gasteiger partial charge on any atom is 0.295 e. The third kappa shape index (κ3) is 3.31. The smallest absolute Gasteiger partial charge is 0.295 e. The van der Waals surface area contributed by atoms with Crippen molar-refractivity contribution in [1.29, 1.82) is 0 Å². The summed E-state index contributed by atoms with van der Waals surface area (Å²) in [6.07, 6.45) is 0. The van der Waals surface area contributed by atoms with E-state index in [1.807, 2.05) is 24.3 Å². The lowest BCUT2D eigenvalue weighted by Gasteiger charge is -2.15. The van der Waals surface area contributed by atoms with E-state index in [-0.39, 0.29) is 11.1 Å². The summed E-state index contributed by atoms with van der Waals surface area (Å²) in [5, 5.41) is 2.23. The maximum absolute atomic E-state index is 12.5. The van der Waals surface area contributed by atoms with Crippen LogP contribution in [0.5, 0.6) is 0 Å². The lowest BCUT2D eigenvalue weighted by atomic mass is 10.3. The van der Waals surface area contributed by atoms with Crippen molar-refractivity contribution >= 4 is 72.8 Å². The molecule has 4 nitrogen and oxygen atoms in total. The fourth-order valence-electron chi connectivity index (χ4n) is 2.02. The molecule has 1 N–H and O–H groups in total. The van der Waals surface area contributed by atoms with Gasteiger partial charge >= 0.3 is 0 Å². The number of carbonyl (C=O) groups excluding carboxylic acids is 2. The Labute approximate surface area is 153 Å². The standard InChI is InChI=1S/C15H10BrIN2O2S/c16-9-1-7-12(8-2-9)19-14(20)13(22-15(19)21)18-11-5-3-10(17)4-6-11/h1-8,13,18H/t13-/m0/s1. The van der Waals surface area contributed by atoms with E-state index in [1.54, 1.807) is 24.3 Å². The van der Waals surface area contributed by atoms with Crippen LogP contribution in [-0.4, -0.2) is 16.5 Å². The number of nitrogens with one attached hydrogen (secondary N) is 1. The number of rotatable bonds is 3. The summed E-state index contributed by atoms with van der Waals surface area (Å²) in [5.74, 6) is -0.254. The van der Waals surface area contributed by atoms with Crippen molar-refractivity contribution in [2.45, 2.75) is 5.37 Å².